The first kappa shape index (κ1) is 16.5. The number of carbonyl (C=O) groups is 1. The van der Waals surface area contributed by atoms with E-state index < -0.39 is 21.9 Å². The molecule has 0 aliphatic rings. The van der Waals surface area contributed by atoms with E-state index in [1.807, 2.05) is 0 Å². The number of sulfonamides is 1. The Hall–Kier alpha value is -1.60. The summed E-state index contributed by atoms with van der Waals surface area (Å²) in [4.78, 5) is 11.0. The molecule has 0 aromatic heterocycles. The largest absolute Gasteiger partial charge is 0.497 e. The third-order valence-electron chi connectivity index (χ3n) is 3.00. The van der Waals surface area contributed by atoms with Crippen molar-refractivity contribution in [2.45, 2.75) is 24.7 Å². The van der Waals surface area contributed by atoms with Crippen LogP contribution in [0.15, 0.2) is 29.2 Å². The van der Waals surface area contributed by atoms with Crippen LogP contribution in [0, 0.1) is 5.92 Å². The summed E-state index contributed by atoms with van der Waals surface area (Å²) in [5.41, 5.74) is 0. The van der Waals surface area contributed by atoms with Gasteiger partial charge in [0.1, 0.15) is 5.75 Å². The lowest BCUT2D eigenvalue weighted by Gasteiger charge is -2.11. The molecule has 0 heterocycles. The highest BCUT2D eigenvalue weighted by molar-refractivity contribution is 7.89. The molecule has 0 spiro atoms. The van der Waals surface area contributed by atoms with Crippen LogP contribution in [0.3, 0.4) is 0 Å². The first-order valence-corrected chi connectivity index (χ1v) is 7.75. The van der Waals surface area contributed by atoms with Crippen LogP contribution < -0.4 is 9.46 Å². The quantitative estimate of drug-likeness (QED) is 0.758. The first-order chi connectivity index (χ1) is 9.40. The number of benzene rings is 1. The SMILES string of the molecule is CCC(CCNS(=O)(=O)c1ccc(OC)cc1)C(=O)O. The zero-order valence-electron chi connectivity index (χ0n) is 11.5. The van der Waals surface area contributed by atoms with Gasteiger partial charge in [-0.25, -0.2) is 13.1 Å². The van der Waals surface area contributed by atoms with Gasteiger partial charge in [0.15, 0.2) is 0 Å². The molecular weight excluding hydrogens is 282 g/mol. The Morgan fingerprint density at radius 3 is 2.40 bits per heavy atom. The Morgan fingerprint density at radius 1 is 1.35 bits per heavy atom. The number of carboxylic acids is 1. The van der Waals surface area contributed by atoms with Crippen molar-refractivity contribution >= 4 is 16.0 Å². The molecule has 0 saturated heterocycles. The summed E-state index contributed by atoms with van der Waals surface area (Å²) in [7, 11) is -2.11. The minimum atomic E-state index is -3.61. The number of rotatable bonds is 8. The number of nitrogens with one attached hydrogen (secondary N) is 1. The lowest BCUT2D eigenvalue weighted by Crippen LogP contribution is -2.27. The van der Waals surface area contributed by atoms with Crippen LogP contribution >= 0.6 is 0 Å². The maximum atomic E-state index is 12.0. The molecule has 0 aliphatic heterocycles. The lowest BCUT2D eigenvalue weighted by atomic mass is 10.0. The Bertz CT molecular complexity index is 538. The molecule has 1 aromatic carbocycles. The number of methoxy groups -OCH3 is 1. The summed E-state index contributed by atoms with van der Waals surface area (Å²) in [6, 6.07) is 5.99. The Morgan fingerprint density at radius 2 is 1.95 bits per heavy atom. The van der Waals surface area contributed by atoms with Crippen LogP contribution in [-0.2, 0) is 14.8 Å². The molecule has 0 fully saturated rings. The van der Waals surface area contributed by atoms with Gasteiger partial charge >= 0.3 is 5.97 Å². The van der Waals surface area contributed by atoms with Gasteiger partial charge in [-0.15, -0.1) is 0 Å². The minimum Gasteiger partial charge on any atom is -0.497 e. The van der Waals surface area contributed by atoms with Crippen LogP contribution in [-0.4, -0.2) is 33.1 Å². The topological polar surface area (TPSA) is 92.7 Å². The lowest BCUT2D eigenvalue weighted by molar-refractivity contribution is -0.142. The second-order valence-electron chi connectivity index (χ2n) is 4.31. The maximum Gasteiger partial charge on any atom is 0.306 e. The molecule has 0 aliphatic carbocycles. The minimum absolute atomic E-state index is 0.0964. The highest BCUT2D eigenvalue weighted by Crippen LogP contribution is 2.15. The van der Waals surface area contributed by atoms with E-state index >= 15 is 0 Å². The van der Waals surface area contributed by atoms with Crippen LogP contribution in [0.1, 0.15) is 19.8 Å². The normalized spacial score (nSPS) is 12.9. The summed E-state index contributed by atoms with van der Waals surface area (Å²) < 4.78 is 31.3. The van der Waals surface area contributed by atoms with Crippen molar-refractivity contribution < 1.29 is 23.1 Å². The van der Waals surface area contributed by atoms with Crippen molar-refractivity contribution in [2.75, 3.05) is 13.7 Å². The standard InChI is InChI=1S/C13H19NO5S/c1-3-10(13(15)16)8-9-14-20(17,18)12-6-4-11(19-2)5-7-12/h4-7,10,14H,3,8-9H2,1-2H3,(H,15,16). The van der Waals surface area contributed by atoms with E-state index in [0.29, 0.717) is 12.2 Å². The third-order valence-corrected chi connectivity index (χ3v) is 4.47. The third kappa shape index (κ3) is 4.50. The number of carboxylic acid groups (broad SMARTS) is 1. The fraction of sp³-hybridized carbons (Fsp3) is 0.462. The van der Waals surface area contributed by atoms with E-state index in [0.717, 1.165) is 0 Å². The molecule has 112 valence electrons. The van der Waals surface area contributed by atoms with Gasteiger partial charge in [-0.1, -0.05) is 6.92 Å². The average molecular weight is 301 g/mol. The second kappa shape index (κ2) is 7.25. The van der Waals surface area contributed by atoms with Gasteiger partial charge in [0.05, 0.1) is 17.9 Å². The highest BCUT2D eigenvalue weighted by Gasteiger charge is 2.18. The van der Waals surface area contributed by atoms with Crippen molar-refractivity contribution in [3.05, 3.63) is 24.3 Å². The van der Waals surface area contributed by atoms with Gasteiger partial charge in [0.2, 0.25) is 10.0 Å². The van der Waals surface area contributed by atoms with Gasteiger partial charge in [-0.2, -0.15) is 0 Å². The van der Waals surface area contributed by atoms with Gasteiger partial charge < -0.3 is 9.84 Å². The molecule has 2 N–H and O–H groups in total. The van der Waals surface area contributed by atoms with E-state index in [2.05, 4.69) is 4.72 Å². The first-order valence-electron chi connectivity index (χ1n) is 6.27. The number of hydrogen-bond acceptors (Lipinski definition) is 4. The maximum absolute atomic E-state index is 12.0. The van der Waals surface area contributed by atoms with Gasteiger partial charge in [-0.05, 0) is 37.1 Å². The molecule has 0 radical (unpaired) electrons. The van der Waals surface area contributed by atoms with Crippen LogP contribution in [0.4, 0.5) is 0 Å². The van der Waals surface area contributed by atoms with E-state index in [9.17, 15) is 13.2 Å². The molecule has 6 nitrogen and oxygen atoms in total. The smallest absolute Gasteiger partial charge is 0.306 e. The summed E-state index contributed by atoms with van der Waals surface area (Å²) in [6.07, 6.45) is 0.737. The second-order valence-corrected chi connectivity index (χ2v) is 6.07. The van der Waals surface area contributed by atoms with Crippen molar-refractivity contribution in [1.29, 1.82) is 0 Å². The van der Waals surface area contributed by atoms with E-state index in [4.69, 9.17) is 9.84 Å². The van der Waals surface area contributed by atoms with Crippen molar-refractivity contribution in [1.82, 2.24) is 4.72 Å². The molecule has 1 rings (SSSR count). The number of hydrogen-bond donors (Lipinski definition) is 2. The number of ether oxygens (including phenoxy) is 1. The van der Waals surface area contributed by atoms with E-state index in [1.54, 1.807) is 19.1 Å². The fourth-order valence-electron chi connectivity index (χ4n) is 1.71. The molecule has 7 heteroatoms. The Labute approximate surface area is 118 Å². The van der Waals surface area contributed by atoms with E-state index in [1.165, 1.54) is 19.2 Å². The summed E-state index contributed by atoms with van der Waals surface area (Å²) in [5.74, 6) is -0.870. The zero-order chi connectivity index (χ0) is 15.2. The molecule has 1 atom stereocenters. The summed E-state index contributed by atoms with van der Waals surface area (Å²) in [6.45, 7) is 1.86. The van der Waals surface area contributed by atoms with Gasteiger partial charge in [-0.3, -0.25) is 4.79 Å². The average Bonchev–Trinajstić information content (AvgIpc) is 2.43. The molecular formula is C13H19NO5S. The Kier molecular flexibility index (Phi) is 5.97. The molecule has 1 aromatic rings. The van der Waals surface area contributed by atoms with Crippen LogP contribution in [0.25, 0.3) is 0 Å². The van der Waals surface area contributed by atoms with Gasteiger partial charge in [0, 0.05) is 6.54 Å². The molecule has 0 amide bonds. The summed E-state index contributed by atoms with van der Waals surface area (Å²) >= 11 is 0. The van der Waals surface area contributed by atoms with Crippen LogP contribution in [0.5, 0.6) is 5.75 Å². The summed E-state index contributed by atoms with van der Waals surface area (Å²) in [5, 5.41) is 8.89. The molecule has 1 unspecified atom stereocenters. The fourth-order valence-corrected chi connectivity index (χ4v) is 2.76. The van der Waals surface area contributed by atoms with E-state index in [-0.39, 0.29) is 17.9 Å². The van der Waals surface area contributed by atoms with Crippen molar-refractivity contribution in [3.8, 4) is 5.75 Å². The number of aliphatic carboxylic acids is 1. The highest BCUT2D eigenvalue weighted by atomic mass is 32.2. The van der Waals surface area contributed by atoms with Crippen molar-refractivity contribution in [2.24, 2.45) is 5.92 Å². The zero-order valence-corrected chi connectivity index (χ0v) is 12.3. The Balaban J connectivity index is 2.63. The van der Waals surface area contributed by atoms with Gasteiger partial charge in [0.25, 0.3) is 0 Å². The monoisotopic (exact) mass is 301 g/mol. The van der Waals surface area contributed by atoms with Crippen molar-refractivity contribution in [3.63, 3.8) is 0 Å². The molecule has 0 saturated carbocycles. The predicted octanol–water partition coefficient (Wildman–Crippen LogP) is 1.47. The van der Waals surface area contributed by atoms with Crippen LogP contribution in [0.2, 0.25) is 0 Å². The molecule has 0 bridgehead atoms. The molecule has 20 heavy (non-hydrogen) atoms. The predicted molar refractivity (Wildman–Crippen MR) is 74.2 cm³/mol.